The number of rotatable bonds is 2. The number of fused-ring (bicyclic) bond motifs is 3. The summed E-state index contributed by atoms with van der Waals surface area (Å²) in [5, 5.41) is 10.7. The van der Waals surface area contributed by atoms with Crippen molar-refractivity contribution in [2.45, 2.75) is 6.92 Å². The van der Waals surface area contributed by atoms with Gasteiger partial charge in [0.2, 0.25) is 0 Å². The van der Waals surface area contributed by atoms with Crippen molar-refractivity contribution >= 4 is 49.6 Å². The zero-order chi connectivity index (χ0) is 15.3. The summed E-state index contributed by atoms with van der Waals surface area (Å²) in [7, 11) is 0. The molecule has 0 aliphatic rings. The number of carboxylic acid groups (broad SMARTS) is 1. The van der Waals surface area contributed by atoms with Crippen LogP contribution in [0.15, 0.2) is 28.7 Å². The largest absolute Gasteiger partial charge is 0.478 e. The molecule has 3 aromatic rings. The number of halogens is 1. The highest BCUT2D eigenvalue weighted by Gasteiger charge is 2.17. The van der Waals surface area contributed by atoms with Gasteiger partial charge in [0.15, 0.2) is 0 Å². The van der Waals surface area contributed by atoms with Crippen LogP contribution in [0, 0.1) is 6.92 Å². The third kappa shape index (κ3) is 1.99. The van der Waals surface area contributed by atoms with Crippen LogP contribution in [0.5, 0.6) is 0 Å². The first-order chi connectivity index (χ1) is 9.90. The number of hydrogen-bond acceptors (Lipinski definition) is 2. The molecule has 5 nitrogen and oxygen atoms in total. The van der Waals surface area contributed by atoms with Crippen molar-refractivity contribution in [1.29, 1.82) is 0 Å². The van der Waals surface area contributed by atoms with Crippen molar-refractivity contribution in [3.05, 3.63) is 45.4 Å². The maximum Gasteiger partial charge on any atom is 0.335 e. The van der Waals surface area contributed by atoms with Crippen molar-refractivity contribution < 1.29 is 14.7 Å². The monoisotopic (exact) mass is 346 g/mol. The summed E-state index contributed by atoms with van der Waals surface area (Å²) >= 11 is 3.52. The summed E-state index contributed by atoms with van der Waals surface area (Å²) < 4.78 is 0.858. The summed E-state index contributed by atoms with van der Waals surface area (Å²) in [5.74, 6) is -1.53. The minimum absolute atomic E-state index is 0.183. The van der Waals surface area contributed by atoms with Gasteiger partial charge in [-0.3, -0.25) is 4.79 Å². The van der Waals surface area contributed by atoms with Crippen molar-refractivity contribution in [2.75, 3.05) is 0 Å². The summed E-state index contributed by atoms with van der Waals surface area (Å²) in [5.41, 5.74) is 8.15. The molecule has 21 heavy (non-hydrogen) atoms. The Balaban J connectivity index is 2.50. The highest BCUT2D eigenvalue weighted by molar-refractivity contribution is 9.10. The molecule has 2 aromatic carbocycles. The van der Waals surface area contributed by atoms with Gasteiger partial charge in [0, 0.05) is 20.8 Å². The fraction of sp³-hybridized carbons (Fsp3) is 0.0667. The Hall–Kier alpha value is -2.34. The fourth-order valence-corrected chi connectivity index (χ4v) is 3.03. The van der Waals surface area contributed by atoms with E-state index in [0.717, 1.165) is 20.8 Å². The molecule has 6 heteroatoms. The highest BCUT2D eigenvalue weighted by Crippen LogP contribution is 2.36. The predicted octanol–water partition coefficient (Wildman–Crippen LogP) is 3.19. The Morgan fingerprint density at radius 1 is 1.29 bits per heavy atom. The Bertz CT molecular complexity index is 928. The Morgan fingerprint density at radius 2 is 2.00 bits per heavy atom. The van der Waals surface area contributed by atoms with E-state index in [1.165, 1.54) is 6.07 Å². The minimum Gasteiger partial charge on any atom is -0.478 e. The first-order valence-electron chi connectivity index (χ1n) is 6.17. The summed E-state index contributed by atoms with van der Waals surface area (Å²) in [6.45, 7) is 1.88. The lowest BCUT2D eigenvalue weighted by molar-refractivity contribution is 0.0696. The normalized spacial score (nSPS) is 11.1. The van der Waals surface area contributed by atoms with Gasteiger partial charge in [-0.25, -0.2) is 4.79 Å². The van der Waals surface area contributed by atoms with Gasteiger partial charge in [0.25, 0.3) is 5.91 Å². The summed E-state index contributed by atoms with van der Waals surface area (Å²) in [4.78, 5) is 25.8. The van der Waals surface area contributed by atoms with E-state index in [2.05, 4.69) is 20.9 Å². The van der Waals surface area contributed by atoms with Crippen LogP contribution in [0.4, 0.5) is 0 Å². The van der Waals surface area contributed by atoms with Crippen molar-refractivity contribution in [3.8, 4) is 0 Å². The van der Waals surface area contributed by atoms with Crippen molar-refractivity contribution in [1.82, 2.24) is 4.98 Å². The molecule has 4 N–H and O–H groups in total. The molecule has 0 aliphatic heterocycles. The van der Waals surface area contributed by atoms with Crippen LogP contribution in [0.2, 0.25) is 0 Å². The lowest BCUT2D eigenvalue weighted by atomic mass is 10.0. The van der Waals surface area contributed by atoms with E-state index in [-0.39, 0.29) is 5.56 Å². The number of nitrogens with one attached hydrogen (secondary N) is 1. The average molecular weight is 347 g/mol. The number of carboxylic acids is 1. The van der Waals surface area contributed by atoms with Crippen LogP contribution in [0.25, 0.3) is 21.8 Å². The number of aryl methyl sites for hydroxylation is 1. The average Bonchev–Trinajstić information content (AvgIpc) is 2.80. The van der Waals surface area contributed by atoms with E-state index in [0.29, 0.717) is 16.6 Å². The van der Waals surface area contributed by atoms with E-state index in [9.17, 15) is 9.59 Å². The number of aromatic carboxylic acids is 1. The highest BCUT2D eigenvalue weighted by atomic mass is 79.9. The first-order valence-corrected chi connectivity index (χ1v) is 6.97. The molecule has 0 fully saturated rings. The van der Waals surface area contributed by atoms with Crippen LogP contribution in [0.3, 0.4) is 0 Å². The minimum atomic E-state index is -0.999. The number of nitrogens with two attached hydrogens (primary N) is 1. The van der Waals surface area contributed by atoms with Crippen LogP contribution in [-0.4, -0.2) is 22.0 Å². The molecule has 1 heterocycles. The fourth-order valence-electron chi connectivity index (χ4n) is 2.50. The first kappa shape index (κ1) is 13.6. The molecule has 0 atom stereocenters. The summed E-state index contributed by atoms with van der Waals surface area (Å²) in [6, 6.07) is 6.52. The smallest absolute Gasteiger partial charge is 0.335 e. The number of hydrogen-bond donors (Lipinski definition) is 3. The Kier molecular flexibility index (Phi) is 2.98. The van der Waals surface area contributed by atoms with Gasteiger partial charge in [-0.05, 0) is 46.6 Å². The quantitative estimate of drug-likeness (QED) is 0.664. The lowest BCUT2D eigenvalue weighted by Gasteiger charge is -2.05. The molecule has 0 bridgehead atoms. The topological polar surface area (TPSA) is 96.2 Å². The molecular weight excluding hydrogens is 336 g/mol. The number of benzene rings is 2. The molecule has 0 unspecified atom stereocenters. The SMILES string of the molecule is Cc1cc(C(N)=O)c2[nH]c3cc(C(=O)O)ccc3c2c1Br. The molecule has 1 aromatic heterocycles. The van der Waals surface area contributed by atoms with E-state index in [1.54, 1.807) is 18.2 Å². The lowest BCUT2D eigenvalue weighted by Crippen LogP contribution is -2.12. The second-order valence-corrected chi connectivity index (χ2v) is 5.65. The molecule has 1 amide bonds. The zero-order valence-corrected chi connectivity index (χ0v) is 12.6. The number of carbonyl (C=O) groups is 2. The van der Waals surface area contributed by atoms with Gasteiger partial charge in [0.1, 0.15) is 0 Å². The predicted molar refractivity (Wildman–Crippen MR) is 83.7 cm³/mol. The van der Waals surface area contributed by atoms with Gasteiger partial charge < -0.3 is 15.8 Å². The van der Waals surface area contributed by atoms with Crippen molar-refractivity contribution in [2.24, 2.45) is 5.73 Å². The van der Waals surface area contributed by atoms with Crippen molar-refractivity contribution in [3.63, 3.8) is 0 Å². The van der Waals surface area contributed by atoms with Crippen LogP contribution in [0.1, 0.15) is 26.3 Å². The maximum atomic E-state index is 11.6. The van der Waals surface area contributed by atoms with Gasteiger partial charge in [0.05, 0.1) is 16.6 Å². The number of aromatic amines is 1. The molecule has 0 aliphatic carbocycles. The van der Waals surface area contributed by atoms with Crippen LogP contribution >= 0.6 is 15.9 Å². The molecular formula is C15H11BrN2O3. The standard InChI is InChI=1S/C15H11BrN2O3/c1-6-4-9(14(17)19)13-11(12(6)16)8-3-2-7(15(20)21)5-10(8)18-13/h2-5,18H,1H3,(H2,17,19)(H,20,21). The van der Waals surface area contributed by atoms with Gasteiger partial charge in [-0.2, -0.15) is 0 Å². The number of primary amides is 1. The summed E-state index contributed by atoms with van der Waals surface area (Å²) in [6.07, 6.45) is 0. The molecule has 106 valence electrons. The molecule has 3 rings (SSSR count). The van der Waals surface area contributed by atoms with Gasteiger partial charge in [-0.1, -0.05) is 6.07 Å². The number of carbonyl (C=O) groups excluding carboxylic acids is 1. The van der Waals surface area contributed by atoms with E-state index in [1.807, 2.05) is 6.92 Å². The van der Waals surface area contributed by atoms with Crippen LogP contribution < -0.4 is 5.73 Å². The Morgan fingerprint density at radius 3 is 2.62 bits per heavy atom. The van der Waals surface area contributed by atoms with E-state index in [4.69, 9.17) is 10.8 Å². The Labute approximate surface area is 127 Å². The molecule has 0 saturated carbocycles. The second kappa shape index (κ2) is 4.60. The van der Waals surface area contributed by atoms with Crippen LogP contribution in [-0.2, 0) is 0 Å². The third-order valence-corrected chi connectivity index (χ3v) is 4.53. The molecule has 0 saturated heterocycles. The van der Waals surface area contributed by atoms with Gasteiger partial charge >= 0.3 is 5.97 Å². The zero-order valence-electron chi connectivity index (χ0n) is 11.0. The number of H-pyrrole nitrogens is 1. The maximum absolute atomic E-state index is 11.6. The van der Waals surface area contributed by atoms with E-state index < -0.39 is 11.9 Å². The second-order valence-electron chi connectivity index (χ2n) is 4.86. The third-order valence-electron chi connectivity index (χ3n) is 3.51. The number of aromatic nitrogens is 1. The molecule has 0 spiro atoms. The van der Waals surface area contributed by atoms with E-state index >= 15 is 0 Å². The van der Waals surface area contributed by atoms with Gasteiger partial charge in [-0.15, -0.1) is 0 Å². The number of amides is 1. The molecule has 0 radical (unpaired) electrons.